The molecule has 0 radical (unpaired) electrons. The molecular weight excluding hydrogens is 260 g/mol. The molecule has 0 bridgehead atoms. The Morgan fingerprint density at radius 1 is 1.35 bits per heavy atom. The molecule has 20 heavy (non-hydrogen) atoms. The largest absolute Gasteiger partial charge is 0.478 e. The predicted octanol–water partition coefficient (Wildman–Crippen LogP) is 0.322. The van der Waals surface area contributed by atoms with Gasteiger partial charge >= 0.3 is 5.97 Å². The lowest BCUT2D eigenvalue weighted by Gasteiger charge is -2.21. The van der Waals surface area contributed by atoms with Gasteiger partial charge < -0.3 is 10.4 Å². The molecule has 2 rings (SSSR count). The van der Waals surface area contributed by atoms with Gasteiger partial charge in [-0.2, -0.15) is 0 Å². The van der Waals surface area contributed by atoms with Gasteiger partial charge in [0.25, 0.3) is 0 Å². The van der Waals surface area contributed by atoms with Crippen molar-refractivity contribution in [2.75, 3.05) is 6.54 Å². The van der Waals surface area contributed by atoms with E-state index in [4.69, 9.17) is 5.11 Å². The van der Waals surface area contributed by atoms with Gasteiger partial charge in [0, 0.05) is 6.42 Å². The van der Waals surface area contributed by atoms with Crippen LogP contribution in [0.1, 0.15) is 28.8 Å². The van der Waals surface area contributed by atoms with Gasteiger partial charge in [-0.25, -0.2) is 4.79 Å². The molecule has 1 fully saturated rings. The van der Waals surface area contributed by atoms with Crippen molar-refractivity contribution in [1.29, 1.82) is 0 Å². The summed E-state index contributed by atoms with van der Waals surface area (Å²) in [5, 5.41) is 14.4. The van der Waals surface area contributed by atoms with Crippen molar-refractivity contribution >= 4 is 17.8 Å². The van der Waals surface area contributed by atoms with E-state index in [1.54, 1.807) is 24.3 Å². The first-order valence-electron chi connectivity index (χ1n) is 6.46. The van der Waals surface area contributed by atoms with E-state index in [0.29, 0.717) is 25.8 Å². The van der Waals surface area contributed by atoms with Gasteiger partial charge in [-0.1, -0.05) is 18.2 Å². The number of benzene rings is 1. The summed E-state index contributed by atoms with van der Waals surface area (Å²) < 4.78 is 0. The van der Waals surface area contributed by atoms with Gasteiger partial charge in [-0.05, 0) is 31.0 Å². The third-order valence-corrected chi connectivity index (χ3v) is 3.27. The maximum atomic E-state index is 11.5. The summed E-state index contributed by atoms with van der Waals surface area (Å²) in [6, 6.07) is 6.40. The first-order valence-corrected chi connectivity index (χ1v) is 6.46. The second-order valence-corrected chi connectivity index (χ2v) is 4.67. The van der Waals surface area contributed by atoms with E-state index in [0.717, 1.165) is 5.56 Å². The second-order valence-electron chi connectivity index (χ2n) is 4.67. The molecule has 3 N–H and O–H groups in total. The molecule has 1 aliphatic heterocycles. The van der Waals surface area contributed by atoms with Gasteiger partial charge in [-0.15, -0.1) is 0 Å². The van der Waals surface area contributed by atoms with Crippen LogP contribution in [0.15, 0.2) is 24.3 Å². The number of carboxylic acid groups (broad SMARTS) is 1. The van der Waals surface area contributed by atoms with Crippen LogP contribution in [0, 0.1) is 0 Å². The fourth-order valence-electron chi connectivity index (χ4n) is 2.22. The molecule has 0 spiro atoms. The molecule has 1 saturated heterocycles. The quantitative estimate of drug-likeness (QED) is 0.673. The summed E-state index contributed by atoms with van der Waals surface area (Å²) in [6.45, 7) is 0.483. The Hall–Kier alpha value is -2.21. The molecule has 0 aliphatic carbocycles. The molecule has 0 aromatic heterocycles. The fraction of sp³-hybridized carbons (Fsp3) is 0.357. The van der Waals surface area contributed by atoms with E-state index in [1.165, 1.54) is 0 Å². The van der Waals surface area contributed by atoms with Gasteiger partial charge in [0.2, 0.25) is 11.8 Å². The van der Waals surface area contributed by atoms with E-state index < -0.39 is 5.97 Å². The van der Waals surface area contributed by atoms with Crippen molar-refractivity contribution in [3.63, 3.8) is 0 Å². The topological polar surface area (TPSA) is 95.5 Å². The van der Waals surface area contributed by atoms with Crippen LogP contribution in [0.3, 0.4) is 0 Å². The Morgan fingerprint density at radius 3 is 2.80 bits per heavy atom. The van der Waals surface area contributed by atoms with Crippen molar-refractivity contribution in [2.45, 2.75) is 25.3 Å². The van der Waals surface area contributed by atoms with Crippen molar-refractivity contribution in [1.82, 2.24) is 10.6 Å². The van der Waals surface area contributed by atoms with Crippen LogP contribution in [0.4, 0.5) is 0 Å². The fourth-order valence-corrected chi connectivity index (χ4v) is 2.22. The van der Waals surface area contributed by atoms with Crippen molar-refractivity contribution in [3.05, 3.63) is 35.4 Å². The van der Waals surface area contributed by atoms with Crippen LogP contribution in [-0.2, 0) is 16.0 Å². The van der Waals surface area contributed by atoms with E-state index in [2.05, 4.69) is 10.6 Å². The molecule has 1 aromatic rings. The second kappa shape index (κ2) is 6.29. The minimum absolute atomic E-state index is 0.246. The van der Waals surface area contributed by atoms with E-state index in [-0.39, 0.29) is 23.4 Å². The number of piperidine rings is 1. The summed E-state index contributed by atoms with van der Waals surface area (Å²) in [4.78, 5) is 33.6. The van der Waals surface area contributed by atoms with Crippen LogP contribution in [-0.4, -0.2) is 35.5 Å². The van der Waals surface area contributed by atoms with Gasteiger partial charge in [0.05, 0.1) is 11.6 Å². The third kappa shape index (κ3) is 3.42. The summed E-state index contributed by atoms with van der Waals surface area (Å²) >= 11 is 0. The molecule has 6 heteroatoms. The zero-order valence-corrected chi connectivity index (χ0v) is 10.9. The van der Waals surface area contributed by atoms with E-state index in [1.807, 2.05) is 0 Å². The highest BCUT2D eigenvalue weighted by Crippen LogP contribution is 2.10. The molecule has 6 nitrogen and oxygen atoms in total. The Kier molecular flexibility index (Phi) is 4.47. The monoisotopic (exact) mass is 276 g/mol. The maximum absolute atomic E-state index is 11.5. The Morgan fingerprint density at radius 2 is 2.10 bits per heavy atom. The molecule has 2 amide bonds. The normalized spacial score (nSPS) is 18.7. The standard InChI is InChI=1S/C14H16N2O4/c17-12-6-5-11(13(18)16-12)15-8-7-9-3-1-2-4-10(9)14(19)20/h1-4,11,15H,5-8H2,(H,19,20)(H,16,17,18)/t11-/m0/s1. The van der Waals surface area contributed by atoms with Crippen LogP contribution < -0.4 is 10.6 Å². The van der Waals surface area contributed by atoms with Gasteiger partial charge in [-0.3, -0.25) is 14.9 Å². The van der Waals surface area contributed by atoms with Crippen molar-refractivity contribution < 1.29 is 19.5 Å². The minimum Gasteiger partial charge on any atom is -0.478 e. The molecule has 1 atom stereocenters. The Bertz CT molecular complexity index is 542. The van der Waals surface area contributed by atoms with Gasteiger partial charge in [0.15, 0.2) is 0 Å². The highest BCUT2D eigenvalue weighted by molar-refractivity contribution is 6.00. The number of carbonyl (C=O) groups is 3. The number of hydrogen-bond donors (Lipinski definition) is 3. The number of imide groups is 1. The smallest absolute Gasteiger partial charge is 0.335 e. The number of carbonyl (C=O) groups excluding carboxylic acids is 2. The Labute approximate surface area is 116 Å². The van der Waals surface area contributed by atoms with Crippen molar-refractivity contribution in [3.8, 4) is 0 Å². The molecule has 0 unspecified atom stereocenters. The average Bonchev–Trinajstić information content (AvgIpc) is 2.41. The summed E-state index contributed by atoms with van der Waals surface area (Å²) in [6.07, 6.45) is 1.32. The number of carboxylic acids is 1. The maximum Gasteiger partial charge on any atom is 0.335 e. The highest BCUT2D eigenvalue weighted by Gasteiger charge is 2.25. The summed E-state index contributed by atoms with van der Waals surface area (Å²) in [5.74, 6) is -1.52. The van der Waals surface area contributed by atoms with Crippen molar-refractivity contribution in [2.24, 2.45) is 0 Å². The van der Waals surface area contributed by atoms with Crippen LogP contribution in [0.2, 0.25) is 0 Å². The van der Waals surface area contributed by atoms with E-state index >= 15 is 0 Å². The first kappa shape index (κ1) is 14.2. The third-order valence-electron chi connectivity index (χ3n) is 3.27. The van der Waals surface area contributed by atoms with Crippen LogP contribution >= 0.6 is 0 Å². The van der Waals surface area contributed by atoms with Crippen LogP contribution in [0.5, 0.6) is 0 Å². The zero-order chi connectivity index (χ0) is 14.5. The molecule has 0 saturated carbocycles. The van der Waals surface area contributed by atoms with Gasteiger partial charge in [0.1, 0.15) is 0 Å². The SMILES string of the molecule is O=C1CC[C@H](NCCc2ccccc2C(=O)O)C(=O)N1. The highest BCUT2D eigenvalue weighted by atomic mass is 16.4. The summed E-state index contributed by atoms with van der Waals surface area (Å²) in [5.41, 5.74) is 0.998. The van der Waals surface area contributed by atoms with Crippen LogP contribution in [0.25, 0.3) is 0 Å². The lowest BCUT2D eigenvalue weighted by molar-refractivity contribution is -0.134. The number of rotatable bonds is 5. The summed E-state index contributed by atoms with van der Waals surface area (Å²) in [7, 11) is 0. The molecule has 1 aromatic carbocycles. The predicted molar refractivity (Wildman–Crippen MR) is 71.3 cm³/mol. The van der Waals surface area contributed by atoms with E-state index in [9.17, 15) is 14.4 Å². The number of nitrogens with one attached hydrogen (secondary N) is 2. The lowest BCUT2D eigenvalue weighted by Crippen LogP contribution is -2.51. The number of hydrogen-bond acceptors (Lipinski definition) is 4. The minimum atomic E-state index is -0.957. The number of amides is 2. The molecule has 1 heterocycles. The molecule has 1 aliphatic rings. The number of aromatic carboxylic acids is 1. The first-order chi connectivity index (χ1) is 9.58. The lowest BCUT2D eigenvalue weighted by atomic mass is 10.0. The Balaban J connectivity index is 1.89. The molecule has 106 valence electrons. The zero-order valence-electron chi connectivity index (χ0n) is 10.9. The average molecular weight is 276 g/mol. The molecular formula is C14H16N2O4.